The van der Waals surface area contributed by atoms with Gasteiger partial charge in [0.05, 0.1) is 6.26 Å². The molecule has 0 amide bonds. The summed E-state index contributed by atoms with van der Waals surface area (Å²) in [5, 5.41) is 6.38. The molecule has 3 aromatic carbocycles. The van der Waals surface area contributed by atoms with Crippen LogP contribution >= 0.6 is 0 Å². The van der Waals surface area contributed by atoms with Crippen molar-refractivity contribution < 1.29 is 4.42 Å². The van der Waals surface area contributed by atoms with Crippen LogP contribution in [-0.2, 0) is 0 Å². The number of hydrogen-bond donors (Lipinski definition) is 0. The lowest BCUT2D eigenvalue weighted by atomic mass is 9.98. The molecule has 0 aliphatic heterocycles. The molecule has 0 spiro atoms. The summed E-state index contributed by atoms with van der Waals surface area (Å²) in [6, 6.07) is 17.1. The first-order valence-corrected chi connectivity index (χ1v) is 6.13. The fourth-order valence-electron chi connectivity index (χ4n) is 2.78. The van der Waals surface area contributed by atoms with E-state index in [1.165, 1.54) is 32.5 Å². The Morgan fingerprint density at radius 1 is 0.778 bits per heavy atom. The Morgan fingerprint density at radius 3 is 2.50 bits per heavy atom. The molecule has 86 valence electrons. The van der Waals surface area contributed by atoms with E-state index in [0.717, 1.165) is 5.58 Å². The van der Waals surface area contributed by atoms with E-state index < -0.39 is 0 Å². The maximum absolute atomic E-state index is 5.61. The first-order chi connectivity index (χ1) is 8.84. The smallest absolute Gasteiger partial charge is 0.134 e. The molecule has 0 unspecified atom stereocenters. The summed E-state index contributed by atoms with van der Waals surface area (Å²) in [6.45, 7) is 2.10. The third kappa shape index (κ3) is 1.16. The molecule has 0 radical (unpaired) electrons. The highest BCUT2D eigenvalue weighted by Crippen LogP contribution is 2.34. The second-order valence-corrected chi connectivity index (χ2v) is 4.74. The van der Waals surface area contributed by atoms with Crippen LogP contribution in [0, 0.1) is 6.92 Å². The number of hydrogen-bond acceptors (Lipinski definition) is 1. The standard InChI is InChI=1S/C17H12O/c1-11-10-18-15-9-8-13-7-6-12-4-2-3-5-14(12)17(13)16(11)15/h2-10H,1H3. The molecule has 0 aliphatic rings. The Bertz CT molecular complexity index is 884. The van der Waals surface area contributed by atoms with Crippen LogP contribution in [0.1, 0.15) is 5.56 Å². The second kappa shape index (κ2) is 3.36. The lowest BCUT2D eigenvalue weighted by Gasteiger charge is -2.05. The van der Waals surface area contributed by atoms with Gasteiger partial charge in [0, 0.05) is 10.8 Å². The first kappa shape index (κ1) is 9.72. The molecule has 4 rings (SSSR count). The number of aryl methyl sites for hydroxylation is 1. The normalized spacial score (nSPS) is 11.6. The molecule has 0 fully saturated rings. The molecule has 4 aromatic rings. The lowest BCUT2D eigenvalue weighted by Crippen LogP contribution is -1.79. The topological polar surface area (TPSA) is 13.1 Å². The predicted molar refractivity (Wildman–Crippen MR) is 76.0 cm³/mol. The highest BCUT2D eigenvalue weighted by Gasteiger charge is 2.09. The van der Waals surface area contributed by atoms with Gasteiger partial charge in [0.25, 0.3) is 0 Å². The van der Waals surface area contributed by atoms with Gasteiger partial charge in [-0.2, -0.15) is 0 Å². The predicted octanol–water partition coefficient (Wildman–Crippen LogP) is 5.05. The SMILES string of the molecule is Cc1coc2ccc3ccc4ccccc4c3c12. The van der Waals surface area contributed by atoms with Gasteiger partial charge in [0.15, 0.2) is 0 Å². The monoisotopic (exact) mass is 232 g/mol. The third-order valence-corrected chi connectivity index (χ3v) is 3.63. The van der Waals surface area contributed by atoms with E-state index in [0.29, 0.717) is 0 Å². The molecule has 1 heterocycles. The zero-order valence-corrected chi connectivity index (χ0v) is 10.1. The van der Waals surface area contributed by atoms with Gasteiger partial charge in [-0.3, -0.25) is 0 Å². The third-order valence-electron chi connectivity index (χ3n) is 3.63. The Labute approximate surface area is 105 Å². The Morgan fingerprint density at radius 2 is 1.56 bits per heavy atom. The number of rotatable bonds is 0. The highest BCUT2D eigenvalue weighted by atomic mass is 16.3. The van der Waals surface area contributed by atoms with Crippen LogP contribution in [0.3, 0.4) is 0 Å². The fraction of sp³-hybridized carbons (Fsp3) is 0.0588. The summed E-state index contributed by atoms with van der Waals surface area (Å²) >= 11 is 0. The van der Waals surface area contributed by atoms with Crippen LogP contribution in [0.2, 0.25) is 0 Å². The number of fused-ring (bicyclic) bond motifs is 5. The number of furan rings is 1. The van der Waals surface area contributed by atoms with Crippen molar-refractivity contribution in [2.24, 2.45) is 0 Å². The van der Waals surface area contributed by atoms with Crippen LogP contribution in [0.15, 0.2) is 59.2 Å². The minimum absolute atomic E-state index is 0.969. The van der Waals surface area contributed by atoms with Crippen molar-refractivity contribution in [2.75, 3.05) is 0 Å². The molecule has 0 saturated heterocycles. The van der Waals surface area contributed by atoms with Gasteiger partial charge >= 0.3 is 0 Å². The van der Waals surface area contributed by atoms with Gasteiger partial charge in [-0.05, 0) is 34.7 Å². The van der Waals surface area contributed by atoms with E-state index in [4.69, 9.17) is 4.42 Å². The lowest BCUT2D eigenvalue weighted by molar-refractivity contribution is 0.613. The van der Waals surface area contributed by atoms with E-state index in [2.05, 4.69) is 55.5 Å². The largest absolute Gasteiger partial charge is 0.464 e. The molecular weight excluding hydrogens is 220 g/mol. The Kier molecular flexibility index (Phi) is 1.81. The molecular formula is C17H12O. The average molecular weight is 232 g/mol. The second-order valence-electron chi connectivity index (χ2n) is 4.74. The van der Waals surface area contributed by atoms with Crippen molar-refractivity contribution in [2.45, 2.75) is 6.92 Å². The molecule has 1 heteroatoms. The van der Waals surface area contributed by atoms with Gasteiger partial charge in [0.1, 0.15) is 5.58 Å². The van der Waals surface area contributed by atoms with Crippen molar-refractivity contribution in [3.8, 4) is 0 Å². The summed E-state index contributed by atoms with van der Waals surface area (Å²) in [5.74, 6) is 0. The molecule has 0 atom stereocenters. The van der Waals surface area contributed by atoms with Crippen molar-refractivity contribution in [3.05, 3.63) is 60.4 Å². The summed E-state index contributed by atoms with van der Waals surface area (Å²) in [6.07, 6.45) is 1.84. The molecule has 0 aliphatic carbocycles. The van der Waals surface area contributed by atoms with Crippen LogP contribution in [0.4, 0.5) is 0 Å². The van der Waals surface area contributed by atoms with Gasteiger partial charge < -0.3 is 4.42 Å². The number of benzene rings is 3. The average Bonchev–Trinajstić information content (AvgIpc) is 2.80. The van der Waals surface area contributed by atoms with Gasteiger partial charge in [0.2, 0.25) is 0 Å². The first-order valence-electron chi connectivity index (χ1n) is 6.13. The van der Waals surface area contributed by atoms with Crippen molar-refractivity contribution >= 4 is 32.5 Å². The van der Waals surface area contributed by atoms with Gasteiger partial charge in [-0.1, -0.05) is 42.5 Å². The fourth-order valence-corrected chi connectivity index (χ4v) is 2.78. The van der Waals surface area contributed by atoms with Crippen LogP contribution in [-0.4, -0.2) is 0 Å². The van der Waals surface area contributed by atoms with Crippen LogP contribution < -0.4 is 0 Å². The quantitative estimate of drug-likeness (QED) is 0.387. The van der Waals surface area contributed by atoms with Gasteiger partial charge in [-0.15, -0.1) is 0 Å². The van der Waals surface area contributed by atoms with Crippen LogP contribution in [0.5, 0.6) is 0 Å². The molecule has 0 N–H and O–H groups in total. The molecule has 0 saturated carbocycles. The minimum Gasteiger partial charge on any atom is -0.464 e. The van der Waals surface area contributed by atoms with E-state index in [9.17, 15) is 0 Å². The van der Waals surface area contributed by atoms with E-state index in [1.54, 1.807) is 0 Å². The van der Waals surface area contributed by atoms with Gasteiger partial charge in [-0.25, -0.2) is 0 Å². The van der Waals surface area contributed by atoms with Crippen molar-refractivity contribution in [3.63, 3.8) is 0 Å². The Hall–Kier alpha value is -2.28. The minimum atomic E-state index is 0.969. The van der Waals surface area contributed by atoms with Crippen LogP contribution in [0.25, 0.3) is 32.5 Å². The van der Waals surface area contributed by atoms with Crippen molar-refractivity contribution in [1.29, 1.82) is 0 Å². The maximum Gasteiger partial charge on any atom is 0.134 e. The maximum atomic E-state index is 5.61. The highest BCUT2D eigenvalue weighted by molar-refractivity contribution is 6.20. The van der Waals surface area contributed by atoms with Crippen molar-refractivity contribution in [1.82, 2.24) is 0 Å². The summed E-state index contributed by atoms with van der Waals surface area (Å²) < 4.78 is 5.61. The molecule has 18 heavy (non-hydrogen) atoms. The molecule has 1 aromatic heterocycles. The Balaban J connectivity index is 2.41. The van der Waals surface area contributed by atoms with E-state index in [-0.39, 0.29) is 0 Å². The summed E-state index contributed by atoms with van der Waals surface area (Å²) in [5.41, 5.74) is 2.17. The summed E-state index contributed by atoms with van der Waals surface area (Å²) in [4.78, 5) is 0. The van der Waals surface area contributed by atoms with E-state index >= 15 is 0 Å². The zero-order valence-electron chi connectivity index (χ0n) is 10.1. The van der Waals surface area contributed by atoms with E-state index in [1.807, 2.05) is 6.26 Å². The summed E-state index contributed by atoms with van der Waals surface area (Å²) in [7, 11) is 0. The molecule has 1 nitrogen and oxygen atoms in total. The zero-order chi connectivity index (χ0) is 12.1. The molecule has 0 bridgehead atoms.